The number of H-pyrrole nitrogens is 1. The minimum atomic E-state index is -0.608. The van der Waals surface area contributed by atoms with Crippen LogP contribution in [0.15, 0.2) is 82.7 Å². The molecule has 4 rings (SSSR count). The Balaban J connectivity index is 1.61. The van der Waals surface area contributed by atoms with Crippen molar-refractivity contribution in [3.8, 4) is 17.0 Å². The predicted molar refractivity (Wildman–Crippen MR) is 120 cm³/mol. The summed E-state index contributed by atoms with van der Waals surface area (Å²) in [4.78, 5) is 30.9. The van der Waals surface area contributed by atoms with Crippen molar-refractivity contribution in [1.29, 1.82) is 0 Å². The molecule has 4 aromatic rings. The molecule has 31 heavy (non-hydrogen) atoms. The van der Waals surface area contributed by atoms with Crippen molar-refractivity contribution in [3.63, 3.8) is 0 Å². The average Bonchev–Trinajstić information content (AvgIpc) is 2.80. The molecule has 0 bridgehead atoms. The van der Waals surface area contributed by atoms with E-state index >= 15 is 0 Å². The third-order valence-electron chi connectivity index (χ3n) is 4.65. The average molecular weight is 412 g/mol. The number of rotatable bonds is 6. The molecule has 3 aromatic carbocycles. The Morgan fingerprint density at radius 2 is 1.87 bits per heavy atom. The van der Waals surface area contributed by atoms with Crippen molar-refractivity contribution < 1.29 is 9.53 Å². The highest BCUT2D eigenvalue weighted by Crippen LogP contribution is 2.26. The first kappa shape index (κ1) is 20.0. The molecular weight excluding hydrogens is 392 g/mol. The van der Waals surface area contributed by atoms with Gasteiger partial charge in [0.1, 0.15) is 11.4 Å². The van der Waals surface area contributed by atoms with Crippen molar-refractivity contribution in [2.45, 2.75) is 6.92 Å². The van der Waals surface area contributed by atoms with Gasteiger partial charge in [-0.05, 0) is 29.8 Å². The number of carbonyl (C=O) groups excluding carboxylic acids is 1. The molecule has 154 valence electrons. The summed E-state index contributed by atoms with van der Waals surface area (Å²) >= 11 is 0. The Labute approximate surface area is 178 Å². The monoisotopic (exact) mass is 412 g/mol. The molecule has 2 N–H and O–H groups in total. The SMILES string of the molecule is CCOc1ccc2ccccc2c1/C=N/NC(=O)c1cc(-c2ccccc2)nc(=O)[nH]1. The number of aromatic nitrogens is 2. The molecule has 0 saturated heterocycles. The van der Waals surface area contributed by atoms with Gasteiger partial charge >= 0.3 is 5.69 Å². The van der Waals surface area contributed by atoms with Crippen molar-refractivity contribution in [3.05, 3.63) is 94.5 Å². The van der Waals surface area contributed by atoms with E-state index in [1.165, 1.54) is 6.07 Å². The second kappa shape index (κ2) is 9.04. The zero-order chi connectivity index (χ0) is 21.6. The summed E-state index contributed by atoms with van der Waals surface area (Å²) in [5.74, 6) is 0.119. The molecule has 0 atom stereocenters. The largest absolute Gasteiger partial charge is 0.493 e. The molecule has 0 aliphatic rings. The van der Waals surface area contributed by atoms with Gasteiger partial charge in [0.05, 0.1) is 18.5 Å². The quantitative estimate of drug-likeness (QED) is 0.372. The maximum Gasteiger partial charge on any atom is 0.346 e. The fourth-order valence-corrected chi connectivity index (χ4v) is 3.24. The summed E-state index contributed by atoms with van der Waals surface area (Å²) in [7, 11) is 0. The van der Waals surface area contributed by atoms with Crippen molar-refractivity contribution in [2.75, 3.05) is 6.61 Å². The second-order valence-electron chi connectivity index (χ2n) is 6.68. The predicted octanol–water partition coefficient (Wildman–Crippen LogP) is 3.75. The van der Waals surface area contributed by atoms with E-state index < -0.39 is 11.6 Å². The summed E-state index contributed by atoms with van der Waals surface area (Å²) in [6, 6.07) is 22.4. The molecule has 1 heterocycles. The Morgan fingerprint density at radius 1 is 1.10 bits per heavy atom. The number of hydrogen-bond acceptors (Lipinski definition) is 5. The summed E-state index contributed by atoms with van der Waals surface area (Å²) < 4.78 is 5.71. The number of carbonyl (C=O) groups is 1. The van der Waals surface area contributed by atoms with Gasteiger partial charge in [0.15, 0.2) is 0 Å². The molecule has 0 saturated carbocycles. The first-order chi connectivity index (χ1) is 15.2. The number of nitrogens with zero attached hydrogens (tertiary/aromatic N) is 2. The highest BCUT2D eigenvalue weighted by Gasteiger charge is 2.11. The second-order valence-corrected chi connectivity index (χ2v) is 6.68. The molecule has 0 aliphatic heterocycles. The van der Waals surface area contributed by atoms with E-state index in [1.54, 1.807) is 6.21 Å². The van der Waals surface area contributed by atoms with E-state index in [9.17, 15) is 9.59 Å². The number of hydrazone groups is 1. The lowest BCUT2D eigenvalue weighted by Crippen LogP contribution is -2.24. The molecule has 7 nitrogen and oxygen atoms in total. The van der Waals surface area contributed by atoms with Crippen LogP contribution in [0.2, 0.25) is 0 Å². The maximum absolute atomic E-state index is 12.6. The van der Waals surface area contributed by atoms with Gasteiger partial charge in [0.2, 0.25) is 0 Å². The minimum absolute atomic E-state index is 0.0685. The summed E-state index contributed by atoms with van der Waals surface area (Å²) in [6.45, 7) is 2.41. The fourth-order valence-electron chi connectivity index (χ4n) is 3.24. The summed E-state index contributed by atoms with van der Waals surface area (Å²) in [6.07, 6.45) is 1.54. The van der Waals surface area contributed by atoms with Crippen LogP contribution in [0.5, 0.6) is 5.75 Å². The van der Waals surface area contributed by atoms with Crippen LogP contribution < -0.4 is 15.9 Å². The van der Waals surface area contributed by atoms with Gasteiger partial charge in [0, 0.05) is 11.1 Å². The van der Waals surface area contributed by atoms with Crippen LogP contribution in [0, 0.1) is 0 Å². The van der Waals surface area contributed by atoms with Crippen LogP contribution >= 0.6 is 0 Å². The molecule has 1 amide bonds. The first-order valence-corrected chi connectivity index (χ1v) is 9.80. The van der Waals surface area contributed by atoms with Gasteiger partial charge in [-0.1, -0.05) is 60.7 Å². The van der Waals surface area contributed by atoms with Crippen LogP contribution in [0.1, 0.15) is 23.0 Å². The van der Waals surface area contributed by atoms with E-state index in [2.05, 4.69) is 20.5 Å². The fraction of sp³-hybridized carbons (Fsp3) is 0.0833. The number of nitrogens with one attached hydrogen (secondary N) is 2. The van der Waals surface area contributed by atoms with Gasteiger partial charge in [0.25, 0.3) is 5.91 Å². The minimum Gasteiger partial charge on any atom is -0.493 e. The van der Waals surface area contributed by atoms with Gasteiger partial charge < -0.3 is 9.72 Å². The van der Waals surface area contributed by atoms with Crippen molar-refractivity contribution in [2.24, 2.45) is 5.10 Å². The Hall–Kier alpha value is -4.26. The Kier molecular flexibility index (Phi) is 5.84. The highest BCUT2D eigenvalue weighted by molar-refractivity contribution is 6.03. The lowest BCUT2D eigenvalue weighted by Gasteiger charge is -2.10. The Morgan fingerprint density at radius 3 is 2.68 bits per heavy atom. The van der Waals surface area contributed by atoms with Crippen LogP contribution in [0.3, 0.4) is 0 Å². The van der Waals surface area contributed by atoms with Gasteiger partial charge in [-0.3, -0.25) is 4.79 Å². The van der Waals surface area contributed by atoms with Crippen molar-refractivity contribution >= 4 is 22.9 Å². The smallest absolute Gasteiger partial charge is 0.346 e. The zero-order valence-electron chi connectivity index (χ0n) is 16.8. The number of ether oxygens (including phenoxy) is 1. The van der Waals surface area contributed by atoms with E-state index in [4.69, 9.17) is 4.74 Å². The molecule has 7 heteroatoms. The van der Waals surface area contributed by atoms with E-state index in [0.29, 0.717) is 18.1 Å². The number of fused-ring (bicyclic) bond motifs is 1. The first-order valence-electron chi connectivity index (χ1n) is 9.80. The maximum atomic E-state index is 12.6. The van der Waals surface area contributed by atoms with Crippen LogP contribution in [-0.4, -0.2) is 28.7 Å². The third kappa shape index (κ3) is 4.51. The number of aromatic amines is 1. The molecule has 0 radical (unpaired) electrons. The topological polar surface area (TPSA) is 96.4 Å². The van der Waals surface area contributed by atoms with Gasteiger partial charge in [-0.15, -0.1) is 0 Å². The van der Waals surface area contributed by atoms with Crippen LogP contribution in [0.25, 0.3) is 22.0 Å². The number of benzene rings is 3. The van der Waals surface area contributed by atoms with Gasteiger partial charge in [-0.2, -0.15) is 10.1 Å². The Bertz CT molecular complexity index is 1310. The van der Waals surface area contributed by atoms with Crippen LogP contribution in [-0.2, 0) is 0 Å². The molecule has 0 aliphatic carbocycles. The lowest BCUT2D eigenvalue weighted by molar-refractivity contribution is 0.0949. The van der Waals surface area contributed by atoms with E-state index in [1.807, 2.05) is 73.7 Å². The zero-order valence-corrected chi connectivity index (χ0v) is 16.8. The lowest BCUT2D eigenvalue weighted by atomic mass is 10.0. The summed E-state index contributed by atoms with van der Waals surface area (Å²) in [5.41, 5.74) is 3.83. The molecule has 1 aromatic heterocycles. The van der Waals surface area contributed by atoms with Crippen LogP contribution in [0.4, 0.5) is 0 Å². The highest BCUT2D eigenvalue weighted by atomic mass is 16.5. The molecule has 0 fully saturated rings. The van der Waals surface area contributed by atoms with E-state index in [0.717, 1.165) is 21.9 Å². The molecular formula is C24H20N4O3. The number of hydrogen-bond donors (Lipinski definition) is 2. The molecule has 0 unspecified atom stereocenters. The van der Waals surface area contributed by atoms with E-state index in [-0.39, 0.29) is 5.69 Å². The molecule has 0 spiro atoms. The number of amides is 1. The van der Waals surface area contributed by atoms with Gasteiger partial charge in [-0.25, -0.2) is 10.2 Å². The van der Waals surface area contributed by atoms with Crippen molar-refractivity contribution in [1.82, 2.24) is 15.4 Å². The summed E-state index contributed by atoms with van der Waals surface area (Å²) in [5, 5.41) is 6.08. The standard InChI is InChI=1S/C24H20N4O3/c1-2-31-22-13-12-16-8-6-7-11-18(16)19(22)15-25-28-23(29)21-14-20(26-24(30)27-21)17-9-4-3-5-10-17/h3-15H,2H2,1H3,(H,28,29)(H,26,27,30)/b25-15+. The third-order valence-corrected chi connectivity index (χ3v) is 4.65. The normalized spacial score (nSPS) is 11.0.